The van der Waals surface area contributed by atoms with Crippen molar-refractivity contribution >= 4 is 27.3 Å². The molecule has 3 rings (SSSR count). The molecule has 0 aromatic heterocycles. The zero-order valence-electron chi connectivity index (χ0n) is 13.7. The van der Waals surface area contributed by atoms with Crippen molar-refractivity contribution in [3.8, 4) is 0 Å². The van der Waals surface area contributed by atoms with Gasteiger partial charge in [-0.1, -0.05) is 36.4 Å². The van der Waals surface area contributed by atoms with E-state index in [1.807, 2.05) is 37.3 Å². The Hall–Kier alpha value is -2.34. The van der Waals surface area contributed by atoms with E-state index >= 15 is 0 Å². The molecule has 0 bridgehead atoms. The van der Waals surface area contributed by atoms with Crippen LogP contribution in [0.3, 0.4) is 0 Å². The van der Waals surface area contributed by atoms with Crippen molar-refractivity contribution in [1.29, 1.82) is 0 Å². The van der Waals surface area contributed by atoms with Crippen molar-refractivity contribution in [2.75, 3.05) is 22.0 Å². The number of hydrogen-bond donors (Lipinski definition) is 0. The molecular weight excluding hydrogens is 324 g/mol. The molecule has 0 aliphatic carbocycles. The highest BCUT2D eigenvalue weighted by Gasteiger charge is 2.32. The number of fused-ring (bicyclic) bond motifs is 1. The summed E-state index contributed by atoms with van der Waals surface area (Å²) in [6.45, 7) is 1.77. The van der Waals surface area contributed by atoms with Crippen LogP contribution in [0, 0.1) is 0 Å². The van der Waals surface area contributed by atoms with Gasteiger partial charge in [0.15, 0.2) is 0 Å². The quantitative estimate of drug-likeness (QED) is 0.856. The molecule has 126 valence electrons. The van der Waals surface area contributed by atoms with Crippen molar-refractivity contribution in [3.63, 3.8) is 0 Å². The largest absolute Gasteiger partial charge is 0.307 e. The maximum atomic E-state index is 12.9. The Bertz CT molecular complexity index is 850. The number of para-hydroxylation sites is 2. The van der Waals surface area contributed by atoms with Gasteiger partial charge in [0, 0.05) is 11.7 Å². The van der Waals surface area contributed by atoms with Crippen LogP contribution < -0.4 is 9.21 Å². The average Bonchev–Trinajstić information content (AvgIpc) is 2.88. The van der Waals surface area contributed by atoms with E-state index < -0.39 is 10.0 Å². The Morgan fingerprint density at radius 1 is 1.12 bits per heavy atom. The summed E-state index contributed by atoms with van der Waals surface area (Å²) in [6.07, 6.45) is 1.90. The Morgan fingerprint density at radius 3 is 2.42 bits per heavy atom. The number of benzene rings is 2. The first-order valence-electron chi connectivity index (χ1n) is 7.80. The molecule has 1 aliphatic rings. The maximum absolute atomic E-state index is 12.9. The highest BCUT2D eigenvalue weighted by atomic mass is 32.2. The number of carbonyl (C=O) groups is 1. The molecule has 0 unspecified atom stereocenters. The number of amides is 1. The summed E-state index contributed by atoms with van der Waals surface area (Å²) in [7, 11) is -3.55. The molecule has 24 heavy (non-hydrogen) atoms. The van der Waals surface area contributed by atoms with E-state index in [0.29, 0.717) is 5.69 Å². The van der Waals surface area contributed by atoms with Gasteiger partial charge in [0.2, 0.25) is 15.9 Å². The zero-order chi connectivity index (χ0) is 17.3. The van der Waals surface area contributed by atoms with E-state index in [-0.39, 0.29) is 18.5 Å². The fourth-order valence-corrected chi connectivity index (χ4v) is 3.99. The van der Waals surface area contributed by atoms with Gasteiger partial charge < -0.3 is 4.90 Å². The second kappa shape index (κ2) is 6.28. The second-order valence-electron chi connectivity index (χ2n) is 6.05. The molecule has 0 radical (unpaired) electrons. The van der Waals surface area contributed by atoms with Gasteiger partial charge in [-0.2, -0.15) is 0 Å². The van der Waals surface area contributed by atoms with Gasteiger partial charge in [-0.3, -0.25) is 9.10 Å². The first kappa shape index (κ1) is 16.5. The predicted molar refractivity (Wildman–Crippen MR) is 95.7 cm³/mol. The van der Waals surface area contributed by atoms with Gasteiger partial charge in [-0.15, -0.1) is 0 Å². The molecule has 0 fully saturated rings. The molecular formula is C18H20N2O3S. The standard InChI is InChI=1S/C18H20N2O3S/c1-14-12-15-8-6-7-11-17(15)20(14)18(21)13-19(24(2,22)23)16-9-4-3-5-10-16/h3-11,14H,12-13H2,1-2H3/t14-/m0/s1. The first-order valence-corrected chi connectivity index (χ1v) is 9.65. The number of sulfonamides is 1. The smallest absolute Gasteiger partial charge is 0.248 e. The van der Waals surface area contributed by atoms with Crippen molar-refractivity contribution in [1.82, 2.24) is 0 Å². The molecule has 2 aromatic carbocycles. The maximum Gasteiger partial charge on any atom is 0.248 e. The van der Waals surface area contributed by atoms with Crippen molar-refractivity contribution in [3.05, 3.63) is 60.2 Å². The van der Waals surface area contributed by atoms with Crippen LogP contribution in [0.4, 0.5) is 11.4 Å². The Balaban J connectivity index is 1.90. The first-order chi connectivity index (χ1) is 11.4. The lowest BCUT2D eigenvalue weighted by atomic mass is 10.1. The Kier molecular flexibility index (Phi) is 4.32. The van der Waals surface area contributed by atoms with Crippen molar-refractivity contribution in [2.45, 2.75) is 19.4 Å². The molecule has 0 spiro atoms. The highest BCUT2D eigenvalue weighted by molar-refractivity contribution is 7.92. The van der Waals surface area contributed by atoms with Gasteiger partial charge in [0.05, 0.1) is 11.9 Å². The van der Waals surface area contributed by atoms with E-state index in [9.17, 15) is 13.2 Å². The molecule has 1 heterocycles. The summed E-state index contributed by atoms with van der Waals surface area (Å²) < 4.78 is 25.5. The molecule has 0 saturated carbocycles. The van der Waals surface area contributed by atoms with Crippen molar-refractivity contribution in [2.24, 2.45) is 0 Å². The summed E-state index contributed by atoms with van der Waals surface area (Å²) in [5, 5.41) is 0. The third kappa shape index (κ3) is 3.14. The van der Waals surface area contributed by atoms with Gasteiger partial charge in [0.25, 0.3) is 0 Å². The highest BCUT2D eigenvalue weighted by Crippen LogP contribution is 2.32. The van der Waals surface area contributed by atoms with Crippen LogP contribution >= 0.6 is 0 Å². The van der Waals surface area contributed by atoms with Gasteiger partial charge >= 0.3 is 0 Å². The molecule has 0 N–H and O–H groups in total. The molecule has 2 aromatic rings. The lowest BCUT2D eigenvalue weighted by Gasteiger charge is -2.27. The van der Waals surface area contributed by atoms with Crippen LogP contribution in [-0.2, 0) is 21.2 Å². The van der Waals surface area contributed by atoms with Crippen molar-refractivity contribution < 1.29 is 13.2 Å². The molecule has 0 saturated heterocycles. The van der Waals surface area contributed by atoms with Crippen LogP contribution in [0.15, 0.2) is 54.6 Å². The third-order valence-corrected chi connectivity index (χ3v) is 5.34. The second-order valence-corrected chi connectivity index (χ2v) is 7.96. The minimum absolute atomic E-state index is 0.0204. The zero-order valence-corrected chi connectivity index (χ0v) is 14.5. The van der Waals surface area contributed by atoms with E-state index in [1.165, 1.54) is 0 Å². The van der Waals surface area contributed by atoms with Crippen LogP contribution in [0.1, 0.15) is 12.5 Å². The third-order valence-electron chi connectivity index (χ3n) is 4.20. The van der Waals surface area contributed by atoms with Gasteiger partial charge in [-0.05, 0) is 37.1 Å². The molecule has 1 aliphatic heterocycles. The molecule has 1 amide bonds. The van der Waals surface area contributed by atoms with E-state index in [2.05, 4.69) is 0 Å². The Labute approximate surface area is 142 Å². The number of carbonyl (C=O) groups excluding carboxylic acids is 1. The average molecular weight is 344 g/mol. The van der Waals surface area contributed by atoms with E-state index in [1.54, 1.807) is 29.2 Å². The normalized spacial score (nSPS) is 16.8. The fourth-order valence-electron chi connectivity index (χ4n) is 3.14. The Morgan fingerprint density at radius 2 is 1.75 bits per heavy atom. The number of anilines is 2. The molecule has 6 heteroatoms. The fraction of sp³-hybridized carbons (Fsp3) is 0.278. The summed E-state index contributed by atoms with van der Waals surface area (Å²) >= 11 is 0. The lowest BCUT2D eigenvalue weighted by molar-refractivity contribution is -0.117. The number of hydrogen-bond acceptors (Lipinski definition) is 3. The monoisotopic (exact) mass is 344 g/mol. The summed E-state index contributed by atoms with van der Waals surface area (Å²) in [5.74, 6) is -0.221. The summed E-state index contributed by atoms with van der Waals surface area (Å²) in [5.41, 5.74) is 2.48. The van der Waals surface area contributed by atoms with Gasteiger partial charge in [0.1, 0.15) is 6.54 Å². The van der Waals surface area contributed by atoms with E-state index in [0.717, 1.165) is 28.2 Å². The number of nitrogens with zero attached hydrogens (tertiary/aromatic N) is 2. The van der Waals surface area contributed by atoms with Crippen LogP contribution in [0.25, 0.3) is 0 Å². The van der Waals surface area contributed by atoms with Crippen LogP contribution in [0.2, 0.25) is 0 Å². The number of rotatable bonds is 4. The SMILES string of the molecule is C[C@H]1Cc2ccccc2N1C(=O)CN(c1ccccc1)S(C)(=O)=O. The van der Waals surface area contributed by atoms with Crippen LogP contribution in [-0.4, -0.2) is 33.2 Å². The topological polar surface area (TPSA) is 57.7 Å². The minimum Gasteiger partial charge on any atom is -0.307 e. The summed E-state index contributed by atoms with van der Waals surface area (Å²) in [4.78, 5) is 14.6. The molecule has 1 atom stereocenters. The van der Waals surface area contributed by atoms with E-state index in [4.69, 9.17) is 0 Å². The summed E-state index contributed by atoms with van der Waals surface area (Å²) in [6, 6.07) is 16.5. The molecule has 5 nitrogen and oxygen atoms in total. The van der Waals surface area contributed by atoms with Crippen LogP contribution in [0.5, 0.6) is 0 Å². The minimum atomic E-state index is -3.55. The predicted octanol–water partition coefficient (Wildman–Crippen LogP) is 2.43. The van der Waals surface area contributed by atoms with Gasteiger partial charge in [-0.25, -0.2) is 8.42 Å². The lowest BCUT2D eigenvalue weighted by Crippen LogP contribution is -2.45.